The zero-order valence-corrected chi connectivity index (χ0v) is 21.4. The summed E-state index contributed by atoms with van der Waals surface area (Å²) in [5.74, 6) is 1.20. The highest BCUT2D eigenvalue weighted by atomic mass is 16.3. The van der Waals surface area contributed by atoms with E-state index in [1.807, 2.05) is 0 Å². The van der Waals surface area contributed by atoms with E-state index < -0.39 is 0 Å². The third-order valence-electron chi connectivity index (χ3n) is 5.71. The van der Waals surface area contributed by atoms with Crippen molar-refractivity contribution in [3.05, 3.63) is 0 Å². The highest BCUT2D eigenvalue weighted by molar-refractivity contribution is 4.82. The summed E-state index contributed by atoms with van der Waals surface area (Å²) in [5.41, 5.74) is 1.20. The van der Waals surface area contributed by atoms with Crippen LogP contribution in [0.1, 0.15) is 95.9 Å². The molecule has 0 aliphatic carbocycles. The molecular weight excluding hydrogens is 344 g/mol. The monoisotopic (exact) mass is 398 g/mol. The minimum absolute atomic E-state index is 0.274. The number of nitrogens with one attached hydrogen (secondary N) is 2. The van der Waals surface area contributed by atoms with Crippen molar-refractivity contribution in [2.45, 2.75) is 102 Å². The quantitative estimate of drug-likeness (QED) is 0.441. The first kappa shape index (κ1) is 27.9. The van der Waals surface area contributed by atoms with Crippen molar-refractivity contribution in [1.82, 2.24) is 10.6 Å². The lowest BCUT2D eigenvalue weighted by atomic mass is 9.72. The number of rotatable bonds is 10. The molecule has 3 heteroatoms. The van der Waals surface area contributed by atoms with Crippen molar-refractivity contribution in [3.8, 4) is 0 Å². The van der Waals surface area contributed by atoms with Crippen LogP contribution >= 0.6 is 0 Å². The molecule has 0 heterocycles. The summed E-state index contributed by atoms with van der Waals surface area (Å²) in [7, 11) is 0. The van der Waals surface area contributed by atoms with Crippen LogP contribution < -0.4 is 10.6 Å². The largest absolute Gasteiger partial charge is 0.390 e. The predicted octanol–water partition coefficient (Wildman–Crippen LogP) is 5.72. The van der Waals surface area contributed by atoms with Gasteiger partial charge in [0.25, 0.3) is 0 Å². The second kappa shape index (κ2) is 10.8. The second-order valence-corrected chi connectivity index (χ2v) is 13.6. The fourth-order valence-electron chi connectivity index (χ4n) is 3.77. The van der Waals surface area contributed by atoms with Crippen molar-refractivity contribution in [2.24, 2.45) is 33.5 Å². The topological polar surface area (TPSA) is 44.3 Å². The first-order valence-corrected chi connectivity index (χ1v) is 11.4. The number of aliphatic hydroxyl groups excluding tert-OH is 1. The van der Waals surface area contributed by atoms with Gasteiger partial charge in [0.15, 0.2) is 0 Å². The van der Waals surface area contributed by atoms with Crippen LogP contribution in [0.5, 0.6) is 0 Å². The Morgan fingerprint density at radius 1 is 0.536 bits per heavy atom. The van der Waals surface area contributed by atoms with Crippen molar-refractivity contribution in [1.29, 1.82) is 0 Å². The van der Waals surface area contributed by atoms with Gasteiger partial charge in [-0.05, 0) is 59.4 Å². The minimum Gasteiger partial charge on any atom is -0.390 e. The van der Waals surface area contributed by atoms with Crippen LogP contribution in [-0.2, 0) is 0 Å². The van der Waals surface area contributed by atoms with E-state index >= 15 is 0 Å². The van der Waals surface area contributed by atoms with Gasteiger partial charge in [0, 0.05) is 13.1 Å². The van der Waals surface area contributed by atoms with Crippen LogP contribution in [-0.4, -0.2) is 37.4 Å². The lowest BCUT2D eigenvalue weighted by molar-refractivity contribution is 0.129. The Balaban J connectivity index is 4.41. The standard InChI is InChI=1S/C25H54N2O/c1-22(2,3)13-19(24(7,8)9)15-26-17-21(28)18-27-16-20(25(10,11)12)14-23(4,5)6/h19-21,26-28H,13-18H2,1-12H3. The normalized spacial score (nSPS) is 17.5. The molecule has 0 aromatic heterocycles. The SMILES string of the molecule is CC(C)(C)CC(CNCC(O)CNCC(CC(C)(C)C)C(C)(C)C)C(C)(C)C. The van der Waals surface area contributed by atoms with E-state index in [0.29, 0.717) is 35.8 Å². The van der Waals surface area contributed by atoms with Gasteiger partial charge in [-0.1, -0.05) is 83.1 Å². The van der Waals surface area contributed by atoms with Gasteiger partial charge in [-0.3, -0.25) is 0 Å². The van der Waals surface area contributed by atoms with Crippen LogP contribution in [0.2, 0.25) is 0 Å². The summed E-state index contributed by atoms with van der Waals surface area (Å²) in [6.45, 7) is 31.1. The van der Waals surface area contributed by atoms with E-state index in [1.165, 1.54) is 12.8 Å². The van der Waals surface area contributed by atoms with E-state index in [0.717, 1.165) is 13.1 Å². The molecule has 0 aliphatic rings. The maximum Gasteiger partial charge on any atom is 0.0788 e. The average molecular weight is 399 g/mol. The Morgan fingerprint density at radius 2 is 0.821 bits per heavy atom. The Morgan fingerprint density at radius 3 is 1.04 bits per heavy atom. The van der Waals surface area contributed by atoms with E-state index in [1.54, 1.807) is 0 Å². The maximum atomic E-state index is 10.4. The fraction of sp³-hybridized carbons (Fsp3) is 1.00. The van der Waals surface area contributed by atoms with Gasteiger partial charge < -0.3 is 15.7 Å². The van der Waals surface area contributed by atoms with Crippen molar-refractivity contribution in [2.75, 3.05) is 26.2 Å². The molecule has 0 amide bonds. The van der Waals surface area contributed by atoms with Gasteiger partial charge >= 0.3 is 0 Å². The van der Waals surface area contributed by atoms with E-state index in [4.69, 9.17) is 0 Å². The molecule has 0 bridgehead atoms. The molecule has 3 N–H and O–H groups in total. The molecule has 2 unspecified atom stereocenters. The zero-order valence-electron chi connectivity index (χ0n) is 21.4. The van der Waals surface area contributed by atoms with Crippen LogP contribution in [0.25, 0.3) is 0 Å². The molecule has 0 rings (SSSR count). The summed E-state index contributed by atoms with van der Waals surface area (Å²) in [6, 6.07) is 0. The third kappa shape index (κ3) is 14.0. The van der Waals surface area contributed by atoms with Crippen molar-refractivity contribution >= 4 is 0 Å². The lowest BCUT2D eigenvalue weighted by Gasteiger charge is -2.36. The molecule has 0 aromatic rings. The molecule has 0 aromatic carbocycles. The number of hydrogen-bond acceptors (Lipinski definition) is 3. The molecule has 0 saturated heterocycles. The van der Waals surface area contributed by atoms with Crippen LogP contribution in [0.3, 0.4) is 0 Å². The molecule has 28 heavy (non-hydrogen) atoms. The zero-order chi connectivity index (χ0) is 22.4. The Hall–Kier alpha value is -0.120. The predicted molar refractivity (Wildman–Crippen MR) is 126 cm³/mol. The summed E-state index contributed by atoms with van der Waals surface area (Å²) >= 11 is 0. The minimum atomic E-state index is -0.342. The van der Waals surface area contributed by atoms with Crippen LogP contribution in [0.4, 0.5) is 0 Å². The van der Waals surface area contributed by atoms with Crippen molar-refractivity contribution < 1.29 is 5.11 Å². The highest BCUT2D eigenvalue weighted by Crippen LogP contribution is 2.36. The molecule has 170 valence electrons. The Labute approximate surface area is 177 Å². The molecule has 0 fully saturated rings. The van der Waals surface area contributed by atoms with Crippen molar-refractivity contribution in [3.63, 3.8) is 0 Å². The van der Waals surface area contributed by atoms with Crippen LogP contribution in [0, 0.1) is 33.5 Å². The third-order valence-corrected chi connectivity index (χ3v) is 5.71. The van der Waals surface area contributed by atoms with Gasteiger partial charge in [0.1, 0.15) is 0 Å². The van der Waals surface area contributed by atoms with Gasteiger partial charge in [-0.15, -0.1) is 0 Å². The van der Waals surface area contributed by atoms with E-state index in [9.17, 15) is 5.11 Å². The van der Waals surface area contributed by atoms with E-state index in [2.05, 4.69) is 93.7 Å². The van der Waals surface area contributed by atoms with E-state index in [-0.39, 0.29) is 16.9 Å². The fourth-order valence-corrected chi connectivity index (χ4v) is 3.77. The second-order valence-electron chi connectivity index (χ2n) is 13.6. The Bertz CT molecular complexity index is 378. The summed E-state index contributed by atoms with van der Waals surface area (Å²) in [4.78, 5) is 0. The van der Waals surface area contributed by atoms with Gasteiger partial charge in [-0.25, -0.2) is 0 Å². The number of hydrogen-bond donors (Lipinski definition) is 3. The summed E-state index contributed by atoms with van der Waals surface area (Å²) in [5, 5.41) is 17.5. The average Bonchev–Trinajstić information content (AvgIpc) is 2.40. The number of aliphatic hydroxyl groups is 1. The first-order valence-electron chi connectivity index (χ1n) is 11.4. The molecular formula is C25H54N2O. The lowest BCUT2D eigenvalue weighted by Crippen LogP contribution is -2.42. The molecule has 0 aliphatic heterocycles. The summed E-state index contributed by atoms with van der Waals surface area (Å²) in [6.07, 6.45) is 2.04. The van der Waals surface area contributed by atoms with Crippen LogP contribution in [0.15, 0.2) is 0 Å². The summed E-state index contributed by atoms with van der Waals surface area (Å²) < 4.78 is 0. The maximum absolute atomic E-state index is 10.4. The van der Waals surface area contributed by atoms with Gasteiger partial charge in [0.05, 0.1) is 6.10 Å². The van der Waals surface area contributed by atoms with Gasteiger partial charge in [0.2, 0.25) is 0 Å². The highest BCUT2D eigenvalue weighted by Gasteiger charge is 2.30. The molecule has 0 saturated carbocycles. The molecule has 0 spiro atoms. The first-order chi connectivity index (χ1) is 12.3. The molecule has 2 atom stereocenters. The van der Waals surface area contributed by atoms with Gasteiger partial charge in [-0.2, -0.15) is 0 Å². The molecule has 3 nitrogen and oxygen atoms in total. The smallest absolute Gasteiger partial charge is 0.0788 e. The molecule has 0 radical (unpaired) electrons. The Kier molecular flexibility index (Phi) is 10.7.